The van der Waals surface area contributed by atoms with E-state index in [-0.39, 0.29) is 0 Å². The molecule has 0 aliphatic carbocycles. The van der Waals surface area contributed by atoms with Crippen molar-refractivity contribution in [3.63, 3.8) is 0 Å². The van der Waals surface area contributed by atoms with Crippen LogP contribution in [0.1, 0.15) is 18.2 Å². The van der Waals surface area contributed by atoms with Crippen molar-refractivity contribution in [1.82, 2.24) is 4.98 Å². The molecule has 0 saturated heterocycles. The van der Waals surface area contributed by atoms with Crippen LogP contribution < -0.4 is 10.6 Å². The molecule has 1 aromatic carbocycles. The number of rotatable bonds is 4. The summed E-state index contributed by atoms with van der Waals surface area (Å²) < 4.78 is 0. The summed E-state index contributed by atoms with van der Waals surface area (Å²) in [5.41, 5.74) is 10.2. The number of nitrogens with two attached hydrogens (primary N) is 1. The second kappa shape index (κ2) is 5.54. The van der Waals surface area contributed by atoms with Crippen LogP contribution >= 0.6 is 0 Å². The van der Waals surface area contributed by atoms with E-state index in [1.807, 2.05) is 30.5 Å². The topological polar surface area (TPSA) is 42.2 Å². The van der Waals surface area contributed by atoms with Gasteiger partial charge in [0.2, 0.25) is 0 Å². The Morgan fingerprint density at radius 3 is 2.67 bits per heavy atom. The van der Waals surface area contributed by atoms with Crippen LogP contribution in [0.3, 0.4) is 0 Å². The Balaban J connectivity index is 2.23. The Hall–Kier alpha value is -2.03. The molecule has 0 atom stereocenters. The van der Waals surface area contributed by atoms with Crippen LogP contribution in [0, 0.1) is 6.92 Å². The number of hydrogen-bond donors (Lipinski definition) is 1. The molecule has 0 amide bonds. The minimum Gasteiger partial charge on any atom is -0.397 e. The molecule has 0 radical (unpaired) electrons. The number of nitrogens with zero attached hydrogens (tertiary/aromatic N) is 2. The molecule has 1 heterocycles. The van der Waals surface area contributed by atoms with Crippen LogP contribution in [0.15, 0.2) is 42.6 Å². The smallest absolute Gasteiger partial charge is 0.0603 e. The van der Waals surface area contributed by atoms with Crippen molar-refractivity contribution in [3.05, 3.63) is 53.9 Å². The molecule has 2 aromatic rings. The highest BCUT2D eigenvalue weighted by Crippen LogP contribution is 2.25. The molecule has 0 bridgehead atoms. The quantitative estimate of drug-likeness (QED) is 0.837. The lowest BCUT2D eigenvalue weighted by atomic mass is 10.1. The molecule has 0 fully saturated rings. The van der Waals surface area contributed by atoms with Crippen molar-refractivity contribution < 1.29 is 0 Å². The van der Waals surface area contributed by atoms with Gasteiger partial charge in [0.15, 0.2) is 0 Å². The fourth-order valence-corrected chi connectivity index (χ4v) is 2.02. The maximum atomic E-state index is 6.09. The molecule has 3 nitrogen and oxygen atoms in total. The van der Waals surface area contributed by atoms with Crippen LogP contribution in [0.2, 0.25) is 0 Å². The van der Waals surface area contributed by atoms with Crippen LogP contribution in [0.4, 0.5) is 11.4 Å². The van der Waals surface area contributed by atoms with Crippen LogP contribution in [-0.4, -0.2) is 11.5 Å². The van der Waals surface area contributed by atoms with Gasteiger partial charge in [-0.25, -0.2) is 0 Å². The van der Waals surface area contributed by atoms with Gasteiger partial charge in [0, 0.05) is 12.7 Å². The second-order valence-corrected chi connectivity index (χ2v) is 4.40. The lowest BCUT2D eigenvalue weighted by molar-refractivity contribution is 0.811. The second-order valence-electron chi connectivity index (χ2n) is 4.40. The van der Waals surface area contributed by atoms with Gasteiger partial charge in [-0.15, -0.1) is 0 Å². The predicted octanol–water partition coefficient (Wildman–Crippen LogP) is 3.00. The largest absolute Gasteiger partial charge is 0.397 e. The first-order valence-electron chi connectivity index (χ1n) is 6.21. The van der Waals surface area contributed by atoms with Crippen LogP contribution in [-0.2, 0) is 6.54 Å². The molecule has 2 N–H and O–H groups in total. The molecule has 3 heteroatoms. The minimum absolute atomic E-state index is 0.782. The van der Waals surface area contributed by atoms with E-state index in [0.29, 0.717) is 0 Å². The Morgan fingerprint density at radius 2 is 2.06 bits per heavy atom. The third kappa shape index (κ3) is 2.80. The summed E-state index contributed by atoms with van der Waals surface area (Å²) in [7, 11) is 0. The van der Waals surface area contributed by atoms with Crippen molar-refractivity contribution >= 4 is 11.4 Å². The van der Waals surface area contributed by atoms with E-state index >= 15 is 0 Å². The van der Waals surface area contributed by atoms with E-state index in [1.165, 1.54) is 5.56 Å². The number of hydrogen-bond acceptors (Lipinski definition) is 3. The third-order valence-electron chi connectivity index (χ3n) is 2.98. The first kappa shape index (κ1) is 12.4. The molecule has 1 aromatic heterocycles. The van der Waals surface area contributed by atoms with Crippen molar-refractivity contribution in [3.8, 4) is 0 Å². The number of anilines is 2. The van der Waals surface area contributed by atoms with Crippen molar-refractivity contribution in [2.45, 2.75) is 20.4 Å². The summed E-state index contributed by atoms with van der Waals surface area (Å²) in [5.74, 6) is 0. The molecule has 0 spiro atoms. The zero-order valence-electron chi connectivity index (χ0n) is 10.9. The van der Waals surface area contributed by atoms with Crippen molar-refractivity contribution in [1.29, 1.82) is 0 Å². The predicted molar refractivity (Wildman–Crippen MR) is 76.6 cm³/mol. The van der Waals surface area contributed by atoms with Crippen LogP contribution in [0.5, 0.6) is 0 Å². The van der Waals surface area contributed by atoms with Gasteiger partial charge in [-0.05, 0) is 43.7 Å². The normalized spacial score (nSPS) is 10.3. The molecule has 18 heavy (non-hydrogen) atoms. The van der Waals surface area contributed by atoms with Gasteiger partial charge in [0.25, 0.3) is 0 Å². The van der Waals surface area contributed by atoms with Crippen LogP contribution in [0.25, 0.3) is 0 Å². The molecule has 0 aliphatic rings. The summed E-state index contributed by atoms with van der Waals surface area (Å²) in [5, 5.41) is 0. The van der Waals surface area contributed by atoms with Gasteiger partial charge in [0.1, 0.15) is 0 Å². The van der Waals surface area contributed by atoms with E-state index in [9.17, 15) is 0 Å². The molecule has 94 valence electrons. The molecule has 2 rings (SSSR count). The van der Waals surface area contributed by atoms with E-state index in [2.05, 4.69) is 35.9 Å². The van der Waals surface area contributed by atoms with Gasteiger partial charge in [-0.3, -0.25) is 4.98 Å². The van der Waals surface area contributed by atoms with Crippen molar-refractivity contribution in [2.75, 3.05) is 17.2 Å². The number of aromatic nitrogens is 1. The first-order chi connectivity index (χ1) is 8.70. The zero-order valence-corrected chi connectivity index (χ0v) is 10.9. The molecule has 0 saturated carbocycles. The van der Waals surface area contributed by atoms with Gasteiger partial charge >= 0.3 is 0 Å². The van der Waals surface area contributed by atoms with E-state index in [4.69, 9.17) is 5.73 Å². The highest BCUT2D eigenvalue weighted by Gasteiger charge is 2.09. The van der Waals surface area contributed by atoms with Gasteiger partial charge in [-0.1, -0.05) is 12.1 Å². The maximum absolute atomic E-state index is 6.09. The first-order valence-corrected chi connectivity index (χ1v) is 6.21. The Kier molecular flexibility index (Phi) is 3.82. The molecular weight excluding hydrogens is 222 g/mol. The molecular formula is C15H19N3. The average Bonchev–Trinajstić information content (AvgIpc) is 2.38. The average molecular weight is 241 g/mol. The van der Waals surface area contributed by atoms with Gasteiger partial charge < -0.3 is 10.6 Å². The monoisotopic (exact) mass is 241 g/mol. The number of nitrogen functional groups attached to an aromatic ring is 1. The van der Waals surface area contributed by atoms with Gasteiger partial charge in [-0.2, -0.15) is 0 Å². The summed E-state index contributed by atoms with van der Waals surface area (Å²) in [4.78, 5) is 6.59. The lowest BCUT2D eigenvalue weighted by Crippen LogP contribution is -2.23. The summed E-state index contributed by atoms with van der Waals surface area (Å²) >= 11 is 0. The van der Waals surface area contributed by atoms with E-state index in [1.54, 1.807) is 0 Å². The fourth-order valence-electron chi connectivity index (χ4n) is 2.02. The zero-order chi connectivity index (χ0) is 13.0. The number of benzene rings is 1. The van der Waals surface area contributed by atoms with Crippen molar-refractivity contribution in [2.24, 2.45) is 0 Å². The highest BCUT2D eigenvalue weighted by atomic mass is 15.1. The number of pyridine rings is 1. The molecule has 0 aliphatic heterocycles. The van der Waals surface area contributed by atoms with Gasteiger partial charge in [0.05, 0.1) is 23.6 Å². The Bertz CT molecular complexity index is 508. The molecule has 0 unspecified atom stereocenters. The standard InChI is InChI=1S/C15H19N3/c1-3-18(11-13-6-4-5-9-17-13)15-8-7-12(2)10-14(15)16/h4-10H,3,11,16H2,1-2H3. The SMILES string of the molecule is CCN(Cc1ccccn1)c1ccc(C)cc1N. The fraction of sp³-hybridized carbons (Fsp3) is 0.267. The lowest BCUT2D eigenvalue weighted by Gasteiger charge is -2.24. The third-order valence-corrected chi connectivity index (χ3v) is 2.98. The van der Waals surface area contributed by atoms with E-state index < -0.39 is 0 Å². The van der Waals surface area contributed by atoms with E-state index in [0.717, 1.165) is 30.2 Å². The highest BCUT2D eigenvalue weighted by molar-refractivity contribution is 5.68. The summed E-state index contributed by atoms with van der Waals surface area (Å²) in [6.07, 6.45) is 1.82. The summed E-state index contributed by atoms with van der Waals surface area (Å²) in [6.45, 7) is 5.87. The Labute approximate surface area is 108 Å². The minimum atomic E-state index is 0.782. The maximum Gasteiger partial charge on any atom is 0.0603 e. The Morgan fingerprint density at radius 1 is 1.22 bits per heavy atom. The summed E-state index contributed by atoms with van der Waals surface area (Å²) in [6, 6.07) is 12.2. The number of aryl methyl sites for hydroxylation is 1.